The molecule has 1 unspecified atom stereocenters. The van der Waals surface area contributed by atoms with Gasteiger partial charge in [0.05, 0.1) is 17.2 Å². The van der Waals surface area contributed by atoms with E-state index in [9.17, 15) is 4.79 Å². The summed E-state index contributed by atoms with van der Waals surface area (Å²) in [6, 6.07) is 10.7. The lowest BCUT2D eigenvalue weighted by atomic mass is 10.0. The number of nitrogens with one attached hydrogen (secondary N) is 1. The van der Waals surface area contributed by atoms with Crippen LogP contribution in [0.1, 0.15) is 29.1 Å². The van der Waals surface area contributed by atoms with E-state index in [0.717, 1.165) is 43.2 Å². The molecular formula is C19H26N4OS. The van der Waals surface area contributed by atoms with E-state index < -0.39 is 0 Å². The molecule has 5 nitrogen and oxygen atoms in total. The van der Waals surface area contributed by atoms with Crippen molar-refractivity contribution in [3.05, 3.63) is 52.0 Å². The van der Waals surface area contributed by atoms with Gasteiger partial charge in [-0.15, -0.1) is 11.3 Å². The van der Waals surface area contributed by atoms with Crippen molar-refractivity contribution in [1.29, 1.82) is 0 Å². The molecule has 1 N–H and O–H groups in total. The maximum Gasteiger partial charge on any atom is 0.317 e. The molecule has 6 heteroatoms. The molecule has 0 bridgehead atoms. The quantitative estimate of drug-likeness (QED) is 0.892. The lowest BCUT2D eigenvalue weighted by Gasteiger charge is -2.34. The molecule has 0 radical (unpaired) electrons. The molecule has 0 spiro atoms. The molecule has 2 aromatic rings. The number of rotatable bonds is 5. The molecule has 1 aromatic carbocycles. The van der Waals surface area contributed by atoms with Crippen molar-refractivity contribution < 1.29 is 4.79 Å². The topological polar surface area (TPSA) is 48.5 Å². The molecule has 1 aliphatic rings. The zero-order chi connectivity index (χ0) is 17.6. The molecule has 3 rings (SSSR count). The van der Waals surface area contributed by atoms with Crippen LogP contribution in [0.25, 0.3) is 0 Å². The van der Waals surface area contributed by atoms with Gasteiger partial charge in [0.1, 0.15) is 0 Å². The van der Waals surface area contributed by atoms with E-state index in [1.54, 1.807) is 16.2 Å². The summed E-state index contributed by atoms with van der Waals surface area (Å²) in [5.41, 5.74) is 2.28. The van der Waals surface area contributed by atoms with Gasteiger partial charge in [-0.25, -0.2) is 9.78 Å². The summed E-state index contributed by atoms with van der Waals surface area (Å²) >= 11 is 1.62. The second-order valence-corrected chi connectivity index (χ2v) is 7.79. The van der Waals surface area contributed by atoms with Crippen LogP contribution in [0.15, 0.2) is 35.7 Å². The van der Waals surface area contributed by atoms with Gasteiger partial charge in [0.15, 0.2) is 0 Å². The number of piperidine rings is 1. The number of hydrogen-bond acceptors (Lipinski definition) is 4. The first-order valence-corrected chi connectivity index (χ1v) is 9.67. The fraction of sp³-hybridized carbons (Fsp3) is 0.474. The van der Waals surface area contributed by atoms with E-state index in [1.807, 2.05) is 25.4 Å². The van der Waals surface area contributed by atoms with Crippen LogP contribution in [0.4, 0.5) is 4.79 Å². The first-order valence-electron chi connectivity index (χ1n) is 8.79. The van der Waals surface area contributed by atoms with Crippen LogP contribution in [0.2, 0.25) is 0 Å². The molecule has 0 aliphatic carbocycles. The fourth-order valence-electron chi connectivity index (χ4n) is 3.24. The second-order valence-electron chi connectivity index (χ2n) is 6.72. The van der Waals surface area contributed by atoms with Crippen molar-refractivity contribution >= 4 is 17.4 Å². The number of amides is 2. The standard InChI is InChI=1S/C19H26N4OS/c1-15-20-18(14-25-15)12-22(2)19(24)21-17-9-6-10-23(13-17)11-16-7-4-3-5-8-16/h3-5,7-8,14,17H,6,9-13H2,1-2H3,(H,21,24). The number of urea groups is 1. The summed E-state index contributed by atoms with van der Waals surface area (Å²) in [5, 5.41) is 6.23. The largest absolute Gasteiger partial charge is 0.334 e. The molecule has 134 valence electrons. The Labute approximate surface area is 153 Å². The first-order chi connectivity index (χ1) is 12.1. The molecular weight excluding hydrogens is 332 g/mol. The van der Waals surface area contributed by atoms with Gasteiger partial charge in [-0.3, -0.25) is 4.90 Å². The van der Waals surface area contributed by atoms with E-state index in [2.05, 4.69) is 39.5 Å². The van der Waals surface area contributed by atoms with Crippen LogP contribution < -0.4 is 5.32 Å². The van der Waals surface area contributed by atoms with Gasteiger partial charge in [0, 0.05) is 31.6 Å². The molecule has 1 fully saturated rings. The maximum atomic E-state index is 12.5. The Morgan fingerprint density at radius 3 is 2.92 bits per heavy atom. The van der Waals surface area contributed by atoms with Gasteiger partial charge in [0.25, 0.3) is 0 Å². The highest BCUT2D eigenvalue weighted by Gasteiger charge is 2.22. The number of aromatic nitrogens is 1. The van der Waals surface area contributed by atoms with Crippen molar-refractivity contribution in [3.8, 4) is 0 Å². The van der Waals surface area contributed by atoms with E-state index >= 15 is 0 Å². The third-order valence-electron chi connectivity index (χ3n) is 4.49. The Hall–Kier alpha value is -1.92. The Kier molecular flexibility index (Phi) is 6.04. The average Bonchev–Trinajstić information content (AvgIpc) is 3.01. The van der Waals surface area contributed by atoms with E-state index in [0.29, 0.717) is 6.54 Å². The van der Waals surface area contributed by atoms with E-state index in [4.69, 9.17) is 0 Å². The predicted molar refractivity (Wildman–Crippen MR) is 102 cm³/mol. The highest BCUT2D eigenvalue weighted by atomic mass is 32.1. The number of likely N-dealkylation sites (tertiary alicyclic amines) is 1. The Morgan fingerprint density at radius 1 is 1.40 bits per heavy atom. The first kappa shape index (κ1) is 17.9. The molecule has 1 aromatic heterocycles. The van der Waals surface area contributed by atoms with Crippen LogP contribution in [0.5, 0.6) is 0 Å². The predicted octanol–water partition coefficient (Wildman–Crippen LogP) is 3.26. The molecule has 0 saturated carbocycles. The van der Waals surface area contributed by atoms with Crippen molar-refractivity contribution in [2.75, 3.05) is 20.1 Å². The molecule has 1 atom stereocenters. The van der Waals surface area contributed by atoms with Crippen molar-refractivity contribution in [2.24, 2.45) is 0 Å². The average molecular weight is 359 g/mol. The number of carbonyl (C=O) groups excluding carboxylic acids is 1. The normalized spacial score (nSPS) is 18.1. The third-order valence-corrected chi connectivity index (χ3v) is 5.32. The number of nitrogens with zero attached hydrogens (tertiary/aromatic N) is 3. The van der Waals surface area contributed by atoms with Gasteiger partial charge >= 0.3 is 6.03 Å². The summed E-state index contributed by atoms with van der Waals surface area (Å²) in [6.07, 6.45) is 2.16. The van der Waals surface area contributed by atoms with Crippen LogP contribution in [-0.2, 0) is 13.1 Å². The number of thiazole rings is 1. The van der Waals surface area contributed by atoms with Crippen LogP contribution >= 0.6 is 11.3 Å². The van der Waals surface area contributed by atoms with Crippen molar-refractivity contribution in [2.45, 2.75) is 38.9 Å². The smallest absolute Gasteiger partial charge is 0.317 e. The van der Waals surface area contributed by atoms with Crippen molar-refractivity contribution in [1.82, 2.24) is 20.1 Å². The second kappa shape index (κ2) is 8.45. The van der Waals surface area contributed by atoms with E-state index in [1.165, 1.54) is 5.56 Å². The van der Waals surface area contributed by atoms with Crippen LogP contribution in [-0.4, -0.2) is 47.0 Å². The monoisotopic (exact) mass is 358 g/mol. The van der Waals surface area contributed by atoms with Gasteiger partial charge < -0.3 is 10.2 Å². The number of carbonyl (C=O) groups is 1. The summed E-state index contributed by atoms with van der Waals surface area (Å²) in [6.45, 7) is 5.48. The molecule has 1 saturated heterocycles. The SMILES string of the molecule is Cc1nc(CN(C)C(=O)NC2CCCN(Cc3ccccc3)C2)cs1. The Morgan fingerprint density at radius 2 is 2.20 bits per heavy atom. The Bertz CT molecular complexity index is 688. The van der Waals surface area contributed by atoms with Gasteiger partial charge in [-0.2, -0.15) is 0 Å². The molecule has 2 amide bonds. The summed E-state index contributed by atoms with van der Waals surface area (Å²) < 4.78 is 0. The molecule has 25 heavy (non-hydrogen) atoms. The van der Waals surface area contributed by atoms with Crippen molar-refractivity contribution in [3.63, 3.8) is 0 Å². The van der Waals surface area contributed by atoms with Gasteiger partial charge in [0.2, 0.25) is 0 Å². The van der Waals surface area contributed by atoms with Crippen LogP contribution in [0.3, 0.4) is 0 Å². The Balaban J connectivity index is 1.48. The van der Waals surface area contributed by atoms with Gasteiger partial charge in [-0.05, 0) is 31.9 Å². The minimum atomic E-state index is -0.0165. The number of hydrogen-bond donors (Lipinski definition) is 1. The summed E-state index contributed by atoms with van der Waals surface area (Å²) in [4.78, 5) is 21.0. The lowest BCUT2D eigenvalue weighted by Crippen LogP contribution is -2.50. The number of aryl methyl sites for hydroxylation is 1. The summed E-state index contributed by atoms with van der Waals surface area (Å²) in [5.74, 6) is 0. The molecule has 1 aliphatic heterocycles. The minimum Gasteiger partial charge on any atom is -0.334 e. The zero-order valence-electron chi connectivity index (χ0n) is 14.9. The molecule has 2 heterocycles. The van der Waals surface area contributed by atoms with Crippen LogP contribution in [0, 0.1) is 6.92 Å². The number of benzene rings is 1. The van der Waals surface area contributed by atoms with E-state index in [-0.39, 0.29) is 12.1 Å². The third kappa shape index (κ3) is 5.28. The highest BCUT2D eigenvalue weighted by molar-refractivity contribution is 7.09. The minimum absolute atomic E-state index is 0.0165. The highest BCUT2D eigenvalue weighted by Crippen LogP contribution is 2.14. The fourth-order valence-corrected chi connectivity index (χ4v) is 3.84. The van der Waals surface area contributed by atoms with Gasteiger partial charge in [-0.1, -0.05) is 30.3 Å². The lowest BCUT2D eigenvalue weighted by molar-refractivity contribution is 0.167. The maximum absolute atomic E-state index is 12.5. The summed E-state index contributed by atoms with van der Waals surface area (Å²) in [7, 11) is 1.83. The zero-order valence-corrected chi connectivity index (χ0v) is 15.8.